The molecule has 62 valence electrons. The van der Waals surface area contributed by atoms with Gasteiger partial charge in [-0.15, -0.1) is 0 Å². The van der Waals surface area contributed by atoms with Gasteiger partial charge in [-0.05, 0) is 17.7 Å². The van der Waals surface area contributed by atoms with Crippen LogP contribution in [0.1, 0.15) is 11.5 Å². The molecule has 2 rings (SSSR count). The average molecular weight is 164 g/mol. The summed E-state index contributed by atoms with van der Waals surface area (Å²) >= 11 is 0. The molecule has 0 saturated heterocycles. The van der Waals surface area contributed by atoms with E-state index >= 15 is 0 Å². The third kappa shape index (κ3) is 1.30. The molecule has 0 aromatic heterocycles. The Morgan fingerprint density at radius 2 is 2.08 bits per heavy atom. The van der Waals surface area contributed by atoms with Crippen LogP contribution in [0.15, 0.2) is 29.4 Å². The molecule has 3 heteroatoms. The highest BCUT2D eigenvalue weighted by molar-refractivity contribution is 5.69. The van der Waals surface area contributed by atoms with E-state index in [1.54, 1.807) is 12.1 Å². The molecular weight excluding hydrogens is 155 g/mol. The van der Waals surface area contributed by atoms with Gasteiger partial charge >= 0.3 is 0 Å². The lowest BCUT2D eigenvalue weighted by Crippen LogP contribution is -2.08. The number of halogens is 1. The minimum atomic E-state index is -0.193. The van der Waals surface area contributed by atoms with E-state index in [-0.39, 0.29) is 5.82 Å². The van der Waals surface area contributed by atoms with Crippen molar-refractivity contribution in [2.45, 2.75) is 5.92 Å². The summed E-state index contributed by atoms with van der Waals surface area (Å²) in [5, 5.41) is 3.89. The summed E-state index contributed by atoms with van der Waals surface area (Å²) in [4.78, 5) is 0. The first kappa shape index (κ1) is 7.28. The van der Waals surface area contributed by atoms with E-state index in [9.17, 15) is 4.39 Å². The number of hydrogen-bond donors (Lipinski definition) is 1. The van der Waals surface area contributed by atoms with Crippen LogP contribution in [0.25, 0.3) is 0 Å². The summed E-state index contributed by atoms with van der Waals surface area (Å²) in [7, 11) is 0. The Labute approximate surface area is 70.1 Å². The molecule has 12 heavy (non-hydrogen) atoms. The van der Waals surface area contributed by atoms with Gasteiger partial charge in [-0.1, -0.05) is 12.1 Å². The maximum atomic E-state index is 12.5. The smallest absolute Gasteiger partial charge is 0.123 e. The second kappa shape index (κ2) is 2.93. The fraction of sp³-hybridized carbons (Fsp3) is 0.222. The van der Waals surface area contributed by atoms with Crippen molar-refractivity contribution in [3.8, 4) is 0 Å². The van der Waals surface area contributed by atoms with Crippen LogP contribution in [0, 0.1) is 5.82 Å². The number of nitrogens with one attached hydrogen (secondary N) is 1. The van der Waals surface area contributed by atoms with Gasteiger partial charge in [0.15, 0.2) is 0 Å². The lowest BCUT2D eigenvalue weighted by atomic mass is 10.0. The van der Waals surface area contributed by atoms with Crippen molar-refractivity contribution in [3.63, 3.8) is 0 Å². The molecule has 1 N–H and O–H groups in total. The Balaban J connectivity index is 2.23. The van der Waals surface area contributed by atoms with E-state index in [1.807, 2.05) is 6.21 Å². The van der Waals surface area contributed by atoms with E-state index in [2.05, 4.69) is 10.5 Å². The zero-order valence-corrected chi connectivity index (χ0v) is 6.50. The van der Waals surface area contributed by atoms with Crippen LogP contribution >= 0.6 is 0 Å². The van der Waals surface area contributed by atoms with Gasteiger partial charge in [-0.25, -0.2) is 4.39 Å². The Bertz CT molecular complexity index is 292. The first-order valence-electron chi connectivity index (χ1n) is 3.88. The molecule has 0 radical (unpaired) electrons. The van der Waals surface area contributed by atoms with Gasteiger partial charge in [0.05, 0.1) is 0 Å². The van der Waals surface area contributed by atoms with Gasteiger partial charge in [0.2, 0.25) is 0 Å². The molecular formula is C9H9FN2. The van der Waals surface area contributed by atoms with Crippen molar-refractivity contribution < 1.29 is 4.39 Å². The number of hydrogen-bond acceptors (Lipinski definition) is 2. The SMILES string of the molecule is Fc1ccc(C2C=NNC2)cc1. The molecule has 0 aliphatic carbocycles. The molecule has 1 unspecified atom stereocenters. The zero-order valence-electron chi connectivity index (χ0n) is 6.50. The van der Waals surface area contributed by atoms with Gasteiger partial charge in [0.1, 0.15) is 5.82 Å². The quantitative estimate of drug-likeness (QED) is 0.668. The van der Waals surface area contributed by atoms with Crippen molar-refractivity contribution in [2.75, 3.05) is 6.54 Å². The predicted molar refractivity (Wildman–Crippen MR) is 45.6 cm³/mol. The summed E-state index contributed by atoms with van der Waals surface area (Å²) < 4.78 is 12.5. The summed E-state index contributed by atoms with van der Waals surface area (Å²) in [6, 6.07) is 6.53. The molecule has 2 nitrogen and oxygen atoms in total. The molecule has 1 aliphatic heterocycles. The highest BCUT2D eigenvalue weighted by Crippen LogP contribution is 2.15. The fourth-order valence-electron chi connectivity index (χ4n) is 1.26. The van der Waals surface area contributed by atoms with E-state index in [0.29, 0.717) is 5.92 Å². The van der Waals surface area contributed by atoms with E-state index in [1.165, 1.54) is 12.1 Å². The summed E-state index contributed by atoms with van der Waals surface area (Å²) in [6.07, 6.45) is 1.84. The first-order valence-corrected chi connectivity index (χ1v) is 3.88. The lowest BCUT2D eigenvalue weighted by molar-refractivity contribution is 0.626. The van der Waals surface area contributed by atoms with Crippen molar-refractivity contribution in [1.82, 2.24) is 5.43 Å². The predicted octanol–water partition coefficient (Wildman–Crippen LogP) is 1.50. The van der Waals surface area contributed by atoms with E-state index in [4.69, 9.17) is 0 Å². The molecule has 1 heterocycles. The van der Waals surface area contributed by atoms with Gasteiger partial charge in [-0.3, -0.25) is 0 Å². The maximum Gasteiger partial charge on any atom is 0.123 e. The van der Waals surface area contributed by atoms with E-state index in [0.717, 1.165) is 12.1 Å². The topological polar surface area (TPSA) is 24.4 Å². The van der Waals surface area contributed by atoms with Crippen molar-refractivity contribution >= 4 is 6.21 Å². The van der Waals surface area contributed by atoms with E-state index < -0.39 is 0 Å². The van der Waals surface area contributed by atoms with Crippen LogP contribution < -0.4 is 5.43 Å². The molecule has 1 aromatic carbocycles. The largest absolute Gasteiger partial charge is 0.309 e. The number of rotatable bonds is 1. The molecule has 1 aromatic rings. The Kier molecular flexibility index (Phi) is 1.78. The molecule has 0 spiro atoms. The van der Waals surface area contributed by atoms with Crippen LogP contribution in [0.4, 0.5) is 4.39 Å². The Morgan fingerprint density at radius 1 is 1.33 bits per heavy atom. The lowest BCUT2D eigenvalue weighted by Gasteiger charge is -2.04. The standard InChI is InChI=1S/C9H9FN2/c10-9-3-1-7(2-4-9)8-5-11-12-6-8/h1-5,8,12H,6H2. The molecule has 0 fully saturated rings. The summed E-state index contributed by atoms with van der Waals surface area (Å²) in [5.74, 6) is 0.104. The van der Waals surface area contributed by atoms with Gasteiger partial charge in [0.25, 0.3) is 0 Å². The fourth-order valence-corrected chi connectivity index (χ4v) is 1.26. The van der Waals surface area contributed by atoms with Crippen LogP contribution in [-0.2, 0) is 0 Å². The monoisotopic (exact) mass is 164 g/mol. The third-order valence-corrected chi connectivity index (χ3v) is 1.96. The van der Waals surface area contributed by atoms with Crippen LogP contribution in [0.2, 0.25) is 0 Å². The number of hydrazone groups is 1. The van der Waals surface area contributed by atoms with Crippen LogP contribution in [-0.4, -0.2) is 12.8 Å². The summed E-state index contributed by atoms with van der Waals surface area (Å²) in [5.41, 5.74) is 3.96. The Hall–Kier alpha value is -1.38. The minimum absolute atomic E-state index is 0.193. The molecule has 0 bridgehead atoms. The van der Waals surface area contributed by atoms with Gasteiger partial charge in [0, 0.05) is 18.7 Å². The van der Waals surface area contributed by atoms with Crippen molar-refractivity contribution in [1.29, 1.82) is 0 Å². The second-order valence-corrected chi connectivity index (χ2v) is 2.80. The maximum absolute atomic E-state index is 12.5. The van der Waals surface area contributed by atoms with Gasteiger partial charge < -0.3 is 5.43 Å². The number of nitrogens with zero attached hydrogens (tertiary/aromatic N) is 1. The van der Waals surface area contributed by atoms with Crippen molar-refractivity contribution in [3.05, 3.63) is 35.6 Å². The third-order valence-electron chi connectivity index (χ3n) is 1.96. The normalized spacial score (nSPS) is 20.9. The average Bonchev–Trinajstić information content (AvgIpc) is 2.58. The molecule has 1 aliphatic rings. The van der Waals surface area contributed by atoms with Crippen LogP contribution in [0.5, 0.6) is 0 Å². The first-order chi connectivity index (χ1) is 5.86. The zero-order chi connectivity index (χ0) is 8.39. The minimum Gasteiger partial charge on any atom is -0.309 e. The highest BCUT2D eigenvalue weighted by atomic mass is 19.1. The summed E-state index contributed by atoms with van der Waals surface area (Å²) in [6.45, 7) is 0.811. The highest BCUT2D eigenvalue weighted by Gasteiger charge is 2.11. The molecule has 1 atom stereocenters. The Morgan fingerprint density at radius 3 is 2.67 bits per heavy atom. The second-order valence-electron chi connectivity index (χ2n) is 2.80. The molecule has 0 saturated carbocycles. The van der Waals surface area contributed by atoms with Crippen molar-refractivity contribution in [2.24, 2.45) is 5.10 Å². The van der Waals surface area contributed by atoms with Gasteiger partial charge in [-0.2, -0.15) is 5.10 Å². The number of benzene rings is 1. The molecule has 0 amide bonds. The van der Waals surface area contributed by atoms with Crippen LogP contribution in [0.3, 0.4) is 0 Å².